The van der Waals surface area contributed by atoms with Gasteiger partial charge in [-0.3, -0.25) is 0 Å². The minimum atomic E-state index is -0.417. The van der Waals surface area contributed by atoms with Crippen LogP contribution in [0.5, 0.6) is 0 Å². The Morgan fingerprint density at radius 2 is 2.24 bits per heavy atom. The molecule has 2 aliphatic rings. The van der Waals surface area contributed by atoms with Crippen LogP contribution in [0.3, 0.4) is 0 Å². The molecule has 7 nitrogen and oxygen atoms in total. The average molecular weight is 597 g/mol. The zero-order valence-corrected chi connectivity index (χ0v) is 22.6. The van der Waals surface area contributed by atoms with E-state index < -0.39 is 21.2 Å². The van der Waals surface area contributed by atoms with Gasteiger partial charge >= 0.3 is 198 Å². The number of hydrogen-bond acceptors (Lipinski definition) is 5. The Morgan fingerprint density at radius 3 is 2.97 bits per heavy atom. The number of aromatic nitrogens is 1. The maximum atomic E-state index is 6.19. The zero-order chi connectivity index (χ0) is 23.5. The number of pyridine rings is 1. The number of anilines is 3. The van der Waals surface area contributed by atoms with Crippen LogP contribution in [0.25, 0.3) is 0 Å². The van der Waals surface area contributed by atoms with Crippen LogP contribution in [0.15, 0.2) is 45.1 Å². The number of likely N-dealkylation sites (tertiary alicyclic amines) is 1. The second-order valence-electron chi connectivity index (χ2n) is 8.28. The maximum absolute atomic E-state index is 6.19. The molecule has 2 aliphatic heterocycles. The summed E-state index contributed by atoms with van der Waals surface area (Å²) in [5.74, 6) is 1.30. The Balaban J connectivity index is 1.44. The molecule has 4 rings (SSSR count). The van der Waals surface area contributed by atoms with Crippen molar-refractivity contribution in [1.82, 2.24) is 9.88 Å². The molecule has 4 N–H and O–H groups in total. The SMILES string of the molecule is Cc1nc(N(C)C2CCN(C)C2)ccc1NC(N)=N/C=C1/CC(=S)Nc2cc(Cl)ccc2[I-]1. The molecular weight excluding hydrogens is 569 g/mol. The van der Waals surface area contributed by atoms with Crippen LogP contribution in [0, 0.1) is 10.5 Å². The first-order valence-electron chi connectivity index (χ1n) is 10.7. The number of nitrogens with zero attached hydrogens (tertiary/aromatic N) is 4. The quantitative estimate of drug-likeness (QED) is 0.209. The topological polar surface area (TPSA) is 81.8 Å². The first-order chi connectivity index (χ1) is 15.8. The van der Waals surface area contributed by atoms with Crippen molar-refractivity contribution in [2.75, 3.05) is 42.7 Å². The summed E-state index contributed by atoms with van der Waals surface area (Å²) >= 11 is 11.2. The Hall–Kier alpha value is -1.95. The van der Waals surface area contributed by atoms with Crippen LogP contribution in [0.4, 0.5) is 17.2 Å². The third-order valence-electron chi connectivity index (χ3n) is 5.71. The first-order valence-corrected chi connectivity index (χ1v) is 13.7. The Kier molecular flexibility index (Phi) is 7.72. The van der Waals surface area contributed by atoms with E-state index in [9.17, 15) is 0 Å². The molecule has 0 saturated carbocycles. The van der Waals surface area contributed by atoms with Crippen molar-refractivity contribution in [3.8, 4) is 0 Å². The van der Waals surface area contributed by atoms with Gasteiger partial charge in [-0.1, -0.05) is 0 Å². The van der Waals surface area contributed by atoms with Crippen LogP contribution in [0.1, 0.15) is 18.5 Å². The van der Waals surface area contributed by atoms with Gasteiger partial charge in [0.1, 0.15) is 0 Å². The van der Waals surface area contributed by atoms with Gasteiger partial charge in [-0.25, -0.2) is 0 Å². The molecule has 0 radical (unpaired) electrons. The minimum absolute atomic E-state index is 0.328. The number of halogens is 2. The van der Waals surface area contributed by atoms with Crippen LogP contribution in [0.2, 0.25) is 5.02 Å². The molecule has 0 bridgehead atoms. The number of likely N-dealkylation sites (N-methyl/N-ethyl adjacent to an activating group) is 2. The van der Waals surface area contributed by atoms with Gasteiger partial charge in [0.05, 0.1) is 0 Å². The molecule has 10 heteroatoms. The second-order valence-corrected chi connectivity index (χ2v) is 12.3. The molecule has 1 atom stereocenters. The Bertz CT molecular complexity index is 1120. The zero-order valence-electron chi connectivity index (χ0n) is 18.9. The van der Waals surface area contributed by atoms with E-state index >= 15 is 0 Å². The molecule has 0 spiro atoms. The number of fused-ring (bicyclic) bond motifs is 1. The average Bonchev–Trinajstić information content (AvgIpc) is 3.13. The molecule has 1 unspecified atom stereocenters. The van der Waals surface area contributed by atoms with Crippen LogP contribution < -0.4 is 42.5 Å². The van der Waals surface area contributed by atoms with Crippen LogP contribution in [-0.4, -0.2) is 54.1 Å². The summed E-state index contributed by atoms with van der Waals surface area (Å²) in [7, 11) is 4.27. The van der Waals surface area contributed by atoms with Gasteiger partial charge in [-0.2, -0.15) is 0 Å². The fraction of sp³-hybridized carbons (Fsp3) is 0.348. The van der Waals surface area contributed by atoms with Crippen LogP contribution >= 0.6 is 23.8 Å². The number of aryl methyl sites for hydroxylation is 1. The van der Waals surface area contributed by atoms with E-state index in [1.54, 1.807) is 0 Å². The molecule has 0 amide bonds. The number of guanidine groups is 1. The van der Waals surface area contributed by atoms with Crippen molar-refractivity contribution in [3.05, 3.63) is 54.4 Å². The second kappa shape index (κ2) is 10.5. The first kappa shape index (κ1) is 24.2. The van der Waals surface area contributed by atoms with Gasteiger partial charge in [-0.15, -0.1) is 0 Å². The third-order valence-corrected chi connectivity index (χ3v) is 9.06. The number of nitrogens with one attached hydrogen (secondary N) is 2. The van der Waals surface area contributed by atoms with E-state index in [-0.39, 0.29) is 0 Å². The summed E-state index contributed by atoms with van der Waals surface area (Å²) in [5.41, 5.74) is 8.92. The van der Waals surface area contributed by atoms with E-state index in [1.165, 1.54) is 7.15 Å². The molecule has 1 fully saturated rings. The van der Waals surface area contributed by atoms with Gasteiger partial charge in [0.15, 0.2) is 0 Å². The third kappa shape index (κ3) is 6.14. The number of thiocarbonyl (C=S) groups is 1. The van der Waals surface area contributed by atoms with E-state index in [1.807, 2.05) is 37.4 Å². The molecule has 1 saturated heterocycles. The molecule has 33 heavy (non-hydrogen) atoms. The summed E-state index contributed by atoms with van der Waals surface area (Å²) in [6.45, 7) is 4.16. The Labute approximate surface area is 215 Å². The molecule has 2 aromatic rings. The van der Waals surface area contributed by atoms with Crippen molar-refractivity contribution < 1.29 is 21.2 Å². The summed E-state index contributed by atoms with van der Waals surface area (Å²) < 4.78 is 2.42. The number of hydrogen-bond donors (Lipinski definition) is 3. The van der Waals surface area contributed by atoms with E-state index in [2.05, 4.69) is 45.6 Å². The predicted molar refractivity (Wildman–Crippen MR) is 138 cm³/mol. The number of aliphatic imine (C=N–C) groups is 1. The standard InChI is InChI=1S/C23H28ClIN7S/c1-14-19(6-7-21(28-14)32(3)17-8-9-31(2)13-17)30-23(26)27-12-16-11-22(33)29-20-10-15(24)4-5-18(20)25-16/h4-7,10,12,17H,8-9,11,13H2,1-3H3,(H,29,33)(H3,26,27,30)/q-1/b16-12-. The Morgan fingerprint density at radius 1 is 1.42 bits per heavy atom. The number of benzene rings is 1. The van der Waals surface area contributed by atoms with Crippen LogP contribution in [-0.2, 0) is 0 Å². The molecule has 176 valence electrons. The predicted octanol–water partition coefficient (Wildman–Crippen LogP) is 0.854. The fourth-order valence-electron chi connectivity index (χ4n) is 3.86. The van der Waals surface area contributed by atoms with Gasteiger partial charge in [-0.05, 0) is 13.6 Å². The van der Waals surface area contributed by atoms with E-state index in [0.29, 0.717) is 23.4 Å². The number of rotatable bonds is 4. The van der Waals surface area contributed by atoms with Gasteiger partial charge in [0.25, 0.3) is 0 Å². The van der Waals surface area contributed by atoms with Crippen molar-refractivity contribution in [2.24, 2.45) is 10.7 Å². The van der Waals surface area contributed by atoms with Gasteiger partial charge < -0.3 is 4.90 Å². The van der Waals surface area contributed by atoms with Gasteiger partial charge in [0, 0.05) is 0 Å². The van der Waals surface area contributed by atoms with Crippen molar-refractivity contribution in [2.45, 2.75) is 25.8 Å². The number of nitrogens with two attached hydrogens (primary N) is 1. The van der Waals surface area contributed by atoms with Crippen molar-refractivity contribution in [3.63, 3.8) is 0 Å². The van der Waals surface area contributed by atoms with E-state index in [0.717, 1.165) is 47.4 Å². The summed E-state index contributed by atoms with van der Waals surface area (Å²) in [4.78, 5) is 14.6. The van der Waals surface area contributed by atoms with Gasteiger partial charge in [0.2, 0.25) is 0 Å². The van der Waals surface area contributed by atoms with Crippen molar-refractivity contribution >= 4 is 52.0 Å². The molecule has 1 aromatic heterocycles. The summed E-state index contributed by atoms with van der Waals surface area (Å²) in [6.07, 6.45) is 3.67. The summed E-state index contributed by atoms with van der Waals surface area (Å²) in [5, 5.41) is 7.17. The molecule has 1 aromatic carbocycles. The molecule has 3 heterocycles. The summed E-state index contributed by atoms with van der Waals surface area (Å²) in [6, 6.07) is 10.4. The molecule has 0 aliphatic carbocycles. The van der Waals surface area contributed by atoms with Crippen molar-refractivity contribution in [1.29, 1.82) is 0 Å². The monoisotopic (exact) mass is 596 g/mol. The normalized spacial score (nSPS) is 20.6. The molecular formula is C23H28ClIN7S-. The fourth-order valence-corrected chi connectivity index (χ4v) is 7.09. The van der Waals surface area contributed by atoms with E-state index in [4.69, 9.17) is 34.5 Å².